The molecule has 4 nitrogen and oxygen atoms in total. The maximum absolute atomic E-state index is 12.8. The van der Waals surface area contributed by atoms with Gasteiger partial charge in [-0.3, -0.25) is 0 Å². The molecule has 4 rings (SSSR count). The average Bonchev–Trinajstić information content (AvgIpc) is 3.00. The van der Waals surface area contributed by atoms with E-state index >= 15 is 0 Å². The van der Waals surface area contributed by atoms with Gasteiger partial charge in [0.25, 0.3) is 0 Å². The standard InChI is InChI=1S/C19H16O4S/c1-22-16-7-2-3-8-17(16)23-24(20,21)18-12-11-14-10-9-13-5-4-6-15(18)19(13)14/h2-8,11-12H,9-10H2,1H3. The summed E-state index contributed by atoms with van der Waals surface area (Å²) in [5.74, 6) is 0.565. The lowest BCUT2D eigenvalue weighted by Gasteiger charge is -2.13. The molecule has 1 aliphatic rings. The van der Waals surface area contributed by atoms with Crippen molar-refractivity contribution in [2.24, 2.45) is 0 Å². The number of benzene rings is 3. The molecule has 0 aromatic heterocycles. The summed E-state index contributed by atoms with van der Waals surface area (Å²) < 4.78 is 36.2. The van der Waals surface area contributed by atoms with Gasteiger partial charge in [-0.05, 0) is 47.6 Å². The molecule has 1 aliphatic carbocycles. The molecule has 0 atom stereocenters. The molecule has 0 fully saturated rings. The molecule has 3 aromatic rings. The first-order valence-electron chi connectivity index (χ1n) is 7.71. The minimum absolute atomic E-state index is 0.184. The summed E-state index contributed by atoms with van der Waals surface area (Å²) in [6, 6.07) is 16.0. The van der Waals surface area contributed by atoms with Gasteiger partial charge >= 0.3 is 10.1 Å². The lowest BCUT2D eigenvalue weighted by molar-refractivity contribution is 0.390. The number of hydrogen-bond acceptors (Lipinski definition) is 4. The third-order valence-electron chi connectivity index (χ3n) is 4.37. The van der Waals surface area contributed by atoms with Crippen molar-refractivity contribution in [3.05, 3.63) is 65.7 Å². The van der Waals surface area contributed by atoms with Crippen LogP contribution in [0.2, 0.25) is 0 Å². The molecule has 0 spiro atoms. The van der Waals surface area contributed by atoms with E-state index in [0.29, 0.717) is 5.75 Å². The van der Waals surface area contributed by atoms with Gasteiger partial charge < -0.3 is 8.92 Å². The molecule has 0 N–H and O–H groups in total. The van der Waals surface area contributed by atoms with E-state index in [1.807, 2.05) is 18.2 Å². The van der Waals surface area contributed by atoms with Crippen LogP contribution in [-0.4, -0.2) is 15.5 Å². The Kier molecular flexibility index (Phi) is 3.46. The van der Waals surface area contributed by atoms with Gasteiger partial charge in [-0.25, -0.2) is 0 Å². The molecule has 0 aliphatic heterocycles. The van der Waals surface area contributed by atoms with E-state index in [-0.39, 0.29) is 10.6 Å². The molecule has 24 heavy (non-hydrogen) atoms. The molecule has 5 heteroatoms. The van der Waals surface area contributed by atoms with E-state index < -0.39 is 10.1 Å². The van der Waals surface area contributed by atoms with E-state index in [1.54, 1.807) is 30.3 Å². The van der Waals surface area contributed by atoms with E-state index in [2.05, 4.69) is 6.07 Å². The second kappa shape index (κ2) is 5.53. The first kappa shape index (κ1) is 15.0. The highest BCUT2D eigenvalue weighted by molar-refractivity contribution is 7.87. The lowest BCUT2D eigenvalue weighted by Crippen LogP contribution is -2.11. The van der Waals surface area contributed by atoms with Crippen LogP contribution < -0.4 is 8.92 Å². The van der Waals surface area contributed by atoms with Crippen LogP contribution in [0.25, 0.3) is 10.8 Å². The van der Waals surface area contributed by atoms with E-state index in [0.717, 1.165) is 23.6 Å². The fourth-order valence-corrected chi connectivity index (χ4v) is 4.43. The van der Waals surface area contributed by atoms with Gasteiger partial charge in [0.1, 0.15) is 4.90 Å². The number of methoxy groups -OCH3 is 1. The fraction of sp³-hybridized carbons (Fsp3) is 0.158. The average molecular weight is 340 g/mol. The SMILES string of the molecule is COc1ccccc1OS(=O)(=O)c1ccc2c3c(cccc13)CC2. The van der Waals surface area contributed by atoms with Crippen LogP contribution in [0.3, 0.4) is 0 Å². The Morgan fingerprint density at radius 2 is 1.54 bits per heavy atom. The Labute approximate surface area is 140 Å². The first-order chi connectivity index (χ1) is 11.6. The predicted molar refractivity (Wildman–Crippen MR) is 92.2 cm³/mol. The Hall–Kier alpha value is -2.53. The van der Waals surface area contributed by atoms with Crippen LogP contribution >= 0.6 is 0 Å². The van der Waals surface area contributed by atoms with E-state index in [1.165, 1.54) is 18.2 Å². The highest BCUT2D eigenvalue weighted by atomic mass is 32.2. The topological polar surface area (TPSA) is 52.6 Å². The Morgan fingerprint density at radius 3 is 2.29 bits per heavy atom. The minimum atomic E-state index is -3.96. The van der Waals surface area contributed by atoms with Crippen LogP contribution in [0.5, 0.6) is 11.5 Å². The molecule has 0 saturated heterocycles. The highest BCUT2D eigenvalue weighted by Crippen LogP contribution is 2.36. The van der Waals surface area contributed by atoms with Crippen molar-refractivity contribution >= 4 is 20.9 Å². The number of hydrogen-bond donors (Lipinski definition) is 0. The molecular weight excluding hydrogens is 324 g/mol. The van der Waals surface area contributed by atoms with Crippen molar-refractivity contribution in [2.45, 2.75) is 17.7 Å². The summed E-state index contributed by atoms with van der Waals surface area (Å²) >= 11 is 0. The lowest BCUT2D eigenvalue weighted by atomic mass is 10.1. The first-order valence-corrected chi connectivity index (χ1v) is 9.12. The van der Waals surface area contributed by atoms with Crippen LogP contribution in [0, 0.1) is 0 Å². The summed E-state index contributed by atoms with van der Waals surface area (Å²) in [6.45, 7) is 0. The van der Waals surface area contributed by atoms with E-state index in [9.17, 15) is 8.42 Å². The summed E-state index contributed by atoms with van der Waals surface area (Å²) in [4.78, 5) is 0.191. The summed E-state index contributed by atoms with van der Waals surface area (Å²) in [5.41, 5.74) is 2.38. The van der Waals surface area contributed by atoms with Crippen molar-refractivity contribution < 1.29 is 17.3 Å². The normalized spacial score (nSPS) is 13.2. The molecule has 0 unspecified atom stereocenters. The summed E-state index contributed by atoms with van der Waals surface area (Å²) in [5, 5.41) is 1.76. The molecule has 0 radical (unpaired) electrons. The van der Waals surface area contributed by atoms with Crippen molar-refractivity contribution in [3.63, 3.8) is 0 Å². The number of aryl methyl sites for hydroxylation is 2. The maximum Gasteiger partial charge on any atom is 0.339 e. The molecule has 122 valence electrons. The molecular formula is C19H16O4S. The molecule has 3 aromatic carbocycles. The Balaban J connectivity index is 1.85. The summed E-state index contributed by atoms with van der Waals surface area (Å²) in [7, 11) is -2.48. The number of rotatable bonds is 4. The second-order valence-corrected chi connectivity index (χ2v) is 7.27. The smallest absolute Gasteiger partial charge is 0.339 e. The van der Waals surface area contributed by atoms with Crippen molar-refractivity contribution in [2.75, 3.05) is 7.11 Å². The Bertz CT molecular complexity index is 1030. The maximum atomic E-state index is 12.8. The van der Waals surface area contributed by atoms with Gasteiger partial charge in [-0.15, -0.1) is 0 Å². The van der Waals surface area contributed by atoms with Crippen LogP contribution in [0.1, 0.15) is 11.1 Å². The minimum Gasteiger partial charge on any atom is -0.493 e. The van der Waals surface area contributed by atoms with Gasteiger partial charge in [0.2, 0.25) is 0 Å². The zero-order valence-corrected chi connectivity index (χ0v) is 14.0. The molecule has 0 saturated carbocycles. The van der Waals surface area contributed by atoms with Gasteiger partial charge in [-0.2, -0.15) is 8.42 Å². The van der Waals surface area contributed by atoms with Crippen molar-refractivity contribution in [1.82, 2.24) is 0 Å². The number of ether oxygens (including phenoxy) is 1. The zero-order valence-electron chi connectivity index (χ0n) is 13.2. The molecule has 0 bridgehead atoms. The van der Waals surface area contributed by atoms with Crippen LogP contribution in [-0.2, 0) is 23.0 Å². The largest absolute Gasteiger partial charge is 0.493 e. The van der Waals surface area contributed by atoms with Crippen molar-refractivity contribution in [1.29, 1.82) is 0 Å². The van der Waals surface area contributed by atoms with Gasteiger partial charge in [0.15, 0.2) is 11.5 Å². The monoisotopic (exact) mass is 340 g/mol. The molecule has 0 amide bonds. The number of para-hydroxylation sites is 2. The van der Waals surface area contributed by atoms with Gasteiger partial charge in [0.05, 0.1) is 7.11 Å². The van der Waals surface area contributed by atoms with Gasteiger partial charge in [0, 0.05) is 5.39 Å². The van der Waals surface area contributed by atoms with E-state index in [4.69, 9.17) is 8.92 Å². The second-order valence-electron chi connectivity index (χ2n) is 5.75. The van der Waals surface area contributed by atoms with Crippen molar-refractivity contribution in [3.8, 4) is 11.5 Å². The third kappa shape index (κ3) is 2.32. The predicted octanol–water partition coefficient (Wildman–Crippen LogP) is 3.71. The highest BCUT2D eigenvalue weighted by Gasteiger charge is 2.25. The summed E-state index contributed by atoms with van der Waals surface area (Å²) in [6.07, 6.45) is 1.90. The van der Waals surface area contributed by atoms with Crippen LogP contribution in [0.15, 0.2) is 59.5 Å². The fourth-order valence-electron chi connectivity index (χ4n) is 3.29. The Morgan fingerprint density at radius 1 is 0.833 bits per heavy atom. The quantitative estimate of drug-likeness (QED) is 0.679. The van der Waals surface area contributed by atoms with Gasteiger partial charge in [-0.1, -0.05) is 36.4 Å². The third-order valence-corrected chi connectivity index (χ3v) is 5.67. The molecule has 0 heterocycles. The zero-order chi connectivity index (χ0) is 16.7. The van der Waals surface area contributed by atoms with Crippen LogP contribution in [0.4, 0.5) is 0 Å².